The Balaban J connectivity index is 2.79. The van der Waals surface area contributed by atoms with E-state index < -0.39 is 11.0 Å². The maximum absolute atomic E-state index is 10.8. The Kier molecular flexibility index (Phi) is 3.53. The molecule has 0 bridgehead atoms. The molecule has 1 N–H and O–H groups in total. The Morgan fingerprint density at radius 3 is 2.38 bits per heavy atom. The van der Waals surface area contributed by atoms with Crippen LogP contribution >= 0.6 is 0 Å². The normalized spacial score (nSPS) is 11.2. The number of hydrogen-bond donors (Lipinski definition) is 1. The Labute approximate surface area is 80.9 Å². The van der Waals surface area contributed by atoms with Crippen molar-refractivity contribution in [1.82, 2.24) is 0 Å². The average molecular weight is 193 g/mol. The molecule has 68 valence electrons. The molecule has 0 radical (unpaired) electrons. The van der Waals surface area contributed by atoms with E-state index in [0.717, 1.165) is 11.3 Å². The van der Waals surface area contributed by atoms with Gasteiger partial charge in [-0.05, 0) is 31.2 Å². The number of anilines is 1. The molecule has 0 saturated carbocycles. The first-order valence-corrected chi connectivity index (χ1v) is 5.41. The summed E-state index contributed by atoms with van der Waals surface area (Å²) in [6.45, 7) is 1.80. The maximum Gasteiger partial charge on any atom is 0.113 e. The Hall–Kier alpha value is -1.27. The SMILES string of the molecule is CC#Cc1ccc(NS(C)=O)cc1. The maximum atomic E-state index is 10.8. The van der Waals surface area contributed by atoms with Crippen LogP contribution in [0.25, 0.3) is 0 Å². The first-order valence-electron chi connectivity index (χ1n) is 3.85. The summed E-state index contributed by atoms with van der Waals surface area (Å²) in [5.74, 6) is 5.75. The molecule has 0 heterocycles. The second-order valence-corrected chi connectivity index (χ2v) is 3.62. The van der Waals surface area contributed by atoms with Crippen molar-refractivity contribution < 1.29 is 4.21 Å². The summed E-state index contributed by atoms with van der Waals surface area (Å²) >= 11 is 0. The summed E-state index contributed by atoms with van der Waals surface area (Å²) in [5, 5.41) is 0. The van der Waals surface area contributed by atoms with Gasteiger partial charge in [0.05, 0.1) is 0 Å². The zero-order chi connectivity index (χ0) is 9.68. The van der Waals surface area contributed by atoms with Gasteiger partial charge in [0.25, 0.3) is 0 Å². The molecule has 0 aliphatic rings. The monoisotopic (exact) mass is 193 g/mol. The van der Waals surface area contributed by atoms with Crippen molar-refractivity contribution in [3.05, 3.63) is 29.8 Å². The lowest BCUT2D eigenvalue weighted by Gasteiger charge is -2.00. The fourth-order valence-corrected chi connectivity index (χ4v) is 1.40. The minimum Gasteiger partial charge on any atom is -0.305 e. The zero-order valence-electron chi connectivity index (χ0n) is 7.63. The van der Waals surface area contributed by atoms with Crippen LogP contribution < -0.4 is 4.72 Å². The van der Waals surface area contributed by atoms with E-state index in [9.17, 15) is 4.21 Å². The summed E-state index contributed by atoms with van der Waals surface area (Å²) in [6, 6.07) is 7.51. The summed E-state index contributed by atoms with van der Waals surface area (Å²) < 4.78 is 13.6. The molecule has 0 aliphatic carbocycles. The second-order valence-electron chi connectivity index (χ2n) is 2.51. The molecule has 1 rings (SSSR count). The highest BCUT2D eigenvalue weighted by atomic mass is 32.2. The minimum atomic E-state index is -1.01. The summed E-state index contributed by atoms with van der Waals surface area (Å²) in [4.78, 5) is 0. The van der Waals surface area contributed by atoms with Gasteiger partial charge in [0.15, 0.2) is 0 Å². The molecule has 1 atom stereocenters. The third-order valence-electron chi connectivity index (χ3n) is 1.42. The zero-order valence-corrected chi connectivity index (χ0v) is 8.44. The van der Waals surface area contributed by atoms with Crippen molar-refractivity contribution in [1.29, 1.82) is 0 Å². The van der Waals surface area contributed by atoms with E-state index in [1.54, 1.807) is 13.2 Å². The molecule has 0 amide bonds. The van der Waals surface area contributed by atoms with Crippen LogP contribution in [0.5, 0.6) is 0 Å². The quantitative estimate of drug-likeness (QED) is 0.712. The third kappa shape index (κ3) is 3.30. The smallest absolute Gasteiger partial charge is 0.113 e. The van der Waals surface area contributed by atoms with Gasteiger partial charge in [-0.1, -0.05) is 5.92 Å². The van der Waals surface area contributed by atoms with Crippen LogP contribution in [-0.4, -0.2) is 10.5 Å². The molecular formula is C10H11NOS. The topological polar surface area (TPSA) is 29.1 Å². The standard InChI is InChI=1S/C10H11NOS/c1-3-4-9-5-7-10(8-6-9)11-13(2)12/h5-8,11H,1-2H3. The van der Waals surface area contributed by atoms with E-state index in [1.807, 2.05) is 24.3 Å². The predicted octanol–water partition coefficient (Wildman–Crippen LogP) is 1.76. The third-order valence-corrected chi connectivity index (χ3v) is 1.94. The van der Waals surface area contributed by atoms with Crippen LogP contribution in [0, 0.1) is 11.8 Å². The van der Waals surface area contributed by atoms with E-state index in [1.165, 1.54) is 0 Å². The van der Waals surface area contributed by atoms with Crippen LogP contribution in [0.1, 0.15) is 12.5 Å². The van der Waals surface area contributed by atoms with Gasteiger partial charge < -0.3 is 4.72 Å². The Morgan fingerprint density at radius 2 is 1.92 bits per heavy atom. The Bertz CT molecular complexity index is 359. The molecule has 1 unspecified atom stereocenters. The van der Waals surface area contributed by atoms with Crippen molar-refractivity contribution in [3.8, 4) is 11.8 Å². The van der Waals surface area contributed by atoms with Crippen LogP contribution in [0.3, 0.4) is 0 Å². The lowest BCUT2D eigenvalue weighted by Crippen LogP contribution is -2.00. The summed E-state index contributed by atoms with van der Waals surface area (Å²) in [5.41, 5.74) is 1.82. The van der Waals surface area contributed by atoms with E-state index in [-0.39, 0.29) is 0 Å². The van der Waals surface area contributed by atoms with Gasteiger partial charge in [0, 0.05) is 17.5 Å². The molecule has 0 saturated heterocycles. The first-order chi connectivity index (χ1) is 6.22. The second kappa shape index (κ2) is 4.68. The molecule has 2 nitrogen and oxygen atoms in total. The van der Waals surface area contributed by atoms with Crippen molar-refractivity contribution in [2.45, 2.75) is 6.92 Å². The highest BCUT2D eigenvalue weighted by Gasteiger charge is 1.92. The molecular weight excluding hydrogens is 182 g/mol. The molecule has 1 aromatic carbocycles. The van der Waals surface area contributed by atoms with Gasteiger partial charge in [-0.2, -0.15) is 0 Å². The van der Waals surface area contributed by atoms with Crippen LogP contribution in [0.2, 0.25) is 0 Å². The minimum absolute atomic E-state index is 0.850. The fraction of sp³-hybridized carbons (Fsp3) is 0.200. The van der Waals surface area contributed by atoms with Crippen LogP contribution in [-0.2, 0) is 11.0 Å². The largest absolute Gasteiger partial charge is 0.305 e. The molecule has 0 aliphatic heterocycles. The van der Waals surface area contributed by atoms with E-state index >= 15 is 0 Å². The van der Waals surface area contributed by atoms with Crippen molar-refractivity contribution in [3.63, 3.8) is 0 Å². The van der Waals surface area contributed by atoms with Crippen LogP contribution in [0.15, 0.2) is 24.3 Å². The van der Waals surface area contributed by atoms with Gasteiger partial charge in [-0.15, -0.1) is 5.92 Å². The average Bonchev–Trinajstić information content (AvgIpc) is 2.08. The number of rotatable bonds is 2. The lowest BCUT2D eigenvalue weighted by atomic mass is 10.2. The Morgan fingerprint density at radius 1 is 1.31 bits per heavy atom. The van der Waals surface area contributed by atoms with Gasteiger partial charge in [-0.3, -0.25) is 0 Å². The van der Waals surface area contributed by atoms with E-state index in [4.69, 9.17) is 0 Å². The van der Waals surface area contributed by atoms with Gasteiger partial charge in [0.1, 0.15) is 11.0 Å². The highest BCUT2D eigenvalue weighted by molar-refractivity contribution is 7.85. The number of hydrogen-bond acceptors (Lipinski definition) is 1. The first kappa shape index (κ1) is 9.82. The highest BCUT2D eigenvalue weighted by Crippen LogP contribution is 2.08. The fourth-order valence-electron chi connectivity index (χ4n) is 0.932. The molecule has 3 heteroatoms. The van der Waals surface area contributed by atoms with Gasteiger partial charge >= 0.3 is 0 Å². The van der Waals surface area contributed by atoms with E-state index in [2.05, 4.69) is 16.6 Å². The molecule has 0 spiro atoms. The van der Waals surface area contributed by atoms with Crippen LogP contribution in [0.4, 0.5) is 5.69 Å². The molecule has 13 heavy (non-hydrogen) atoms. The van der Waals surface area contributed by atoms with E-state index in [0.29, 0.717) is 0 Å². The number of benzene rings is 1. The molecule has 0 fully saturated rings. The number of nitrogens with one attached hydrogen (secondary N) is 1. The molecule has 1 aromatic rings. The van der Waals surface area contributed by atoms with Crippen molar-refractivity contribution in [2.75, 3.05) is 11.0 Å². The summed E-state index contributed by atoms with van der Waals surface area (Å²) in [6.07, 6.45) is 1.60. The summed E-state index contributed by atoms with van der Waals surface area (Å²) in [7, 11) is -1.01. The molecule has 0 aromatic heterocycles. The van der Waals surface area contributed by atoms with Crippen molar-refractivity contribution in [2.24, 2.45) is 0 Å². The van der Waals surface area contributed by atoms with Crippen molar-refractivity contribution >= 4 is 16.7 Å². The lowest BCUT2D eigenvalue weighted by molar-refractivity contribution is 0.690. The predicted molar refractivity (Wildman–Crippen MR) is 56.7 cm³/mol. The van der Waals surface area contributed by atoms with Gasteiger partial charge in [-0.25, -0.2) is 4.21 Å². The van der Waals surface area contributed by atoms with Gasteiger partial charge in [0.2, 0.25) is 0 Å².